The summed E-state index contributed by atoms with van der Waals surface area (Å²) in [4.78, 5) is 0. The Morgan fingerprint density at radius 3 is 1.71 bits per heavy atom. The van der Waals surface area contributed by atoms with E-state index in [2.05, 4.69) is 22.3 Å². The highest BCUT2D eigenvalue weighted by Crippen LogP contribution is 1.92. The molecule has 0 radical (unpaired) electrons. The molecular weight excluding hydrogens is 236 g/mol. The lowest BCUT2D eigenvalue weighted by Gasteiger charge is -2.07. The molecule has 0 aromatic rings. The molecule has 0 aliphatic carbocycles. The van der Waals surface area contributed by atoms with Crippen LogP contribution in [0.5, 0.6) is 0 Å². The molecule has 0 aliphatic rings. The Morgan fingerprint density at radius 2 is 1.43 bits per heavy atom. The van der Waals surface area contributed by atoms with Crippen LogP contribution in [0.3, 0.4) is 0 Å². The summed E-state index contributed by atoms with van der Waals surface area (Å²) in [5, 5.41) is 0. The van der Waals surface area contributed by atoms with Crippen molar-refractivity contribution in [1.82, 2.24) is 0 Å². The minimum absolute atomic E-state index is 1.57. The van der Waals surface area contributed by atoms with E-state index >= 15 is 0 Å². The van der Waals surface area contributed by atoms with Crippen molar-refractivity contribution in [3.8, 4) is 0 Å². The van der Waals surface area contributed by atoms with Crippen molar-refractivity contribution < 1.29 is 22.8 Å². The lowest BCUT2D eigenvalue weighted by atomic mass is 11.3. The van der Waals surface area contributed by atoms with Crippen molar-refractivity contribution in [2.75, 3.05) is 0 Å². The molecular formula is C6H14O5Si3. The van der Waals surface area contributed by atoms with E-state index in [4.69, 9.17) is 9.15 Å². The van der Waals surface area contributed by atoms with Crippen molar-refractivity contribution >= 4 is 27.3 Å². The highest BCUT2D eigenvalue weighted by molar-refractivity contribution is 6.56. The first-order valence-corrected chi connectivity index (χ1v) is 9.87. The molecule has 0 fully saturated rings. The fourth-order valence-electron chi connectivity index (χ4n) is 0.323. The van der Waals surface area contributed by atoms with Crippen LogP contribution in [0.25, 0.3) is 0 Å². The molecule has 0 saturated carbocycles. The maximum absolute atomic E-state index is 11.0. The highest BCUT2D eigenvalue weighted by Gasteiger charge is 2.17. The zero-order valence-electron chi connectivity index (χ0n) is 8.26. The molecule has 0 aromatic heterocycles. The standard InChI is InChI=1S/C6H14O5Si3/c1-5-12(3)8-10-14(7)11-9-13(4)6-2/h5-6,12-13H,1-2H2,3-4H3. The van der Waals surface area contributed by atoms with E-state index in [-0.39, 0.29) is 0 Å². The maximum atomic E-state index is 11.0. The van der Waals surface area contributed by atoms with Crippen LogP contribution in [-0.4, -0.2) is 27.3 Å². The van der Waals surface area contributed by atoms with Crippen molar-refractivity contribution in [3.63, 3.8) is 0 Å². The van der Waals surface area contributed by atoms with Gasteiger partial charge in [-0.15, -0.1) is 13.2 Å². The Morgan fingerprint density at radius 1 is 1.07 bits per heavy atom. The number of hydrogen-bond acceptors (Lipinski definition) is 5. The molecule has 0 amide bonds. The summed E-state index contributed by atoms with van der Waals surface area (Å²) in [5.74, 6) is 0. The first-order chi connectivity index (χ1) is 6.60. The third-order valence-electron chi connectivity index (χ3n) is 1.20. The van der Waals surface area contributed by atoms with Crippen LogP contribution in [-0.2, 0) is 22.8 Å². The second-order valence-corrected chi connectivity index (χ2v) is 7.47. The Kier molecular flexibility index (Phi) is 7.51. The summed E-state index contributed by atoms with van der Waals surface area (Å²) in [6, 6.07) is 0. The van der Waals surface area contributed by atoms with E-state index in [1.54, 1.807) is 11.4 Å². The van der Waals surface area contributed by atoms with Crippen molar-refractivity contribution in [2.45, 2.75) is 13.1 Å². The molecule has 0 heterocycles. The average Bonchev–Trinajstić information content (AvgIpc) is 2.22. The van der Waals surface area contributed by atoms with Crippen LogP contribution in [0.15, 0.2) is 24.6 Å². The molecule has 0 saturated heterocycles. The van der Waals surface area contributed by atoms with Gasteiger partial charge in [0.15, 0.2) is 0 Å². The lowest BCUT2D eigenvalue weighted by molar-refractivity contribution is -0.198. The average molecular weight is 250 g/mol. The fraction of sp³-hybridized carbons (Fsp3) is 0.333. The van der Waals surface area contributed by atoms with Gasteiger partial charge in [0.05, 0.1) is 0 Å². The fourth-order valence-corrected chi connectivity index (χ4v) is 2.35. The van der Waals surface area contributed by atoms with Crippen LogP contribution >= 0.6 is 0 Å². The normalized spacial score (nSPS) is 13.9. The minimum Gasteiger partial charge on any atom is -0.339 e. The van der Waals surface area contributed by atoms with Gasteiger partial charge in [-0.2, -0.15) is 0 Å². The second-order valence-electron chi connectivity index (χ2n) is 2.49. The zero-order chi connectivity index (χ0) is 11.0. The van der Waals surface area contributed by atoms with Gasteiger partial charge in [-0.3, -0.25) is 13.6 Å². The molecule has 0 N–H and O–H groups in total. The zero-order valence-corrected chi connectivity index (χ0v) is 11.6. The molecule has 0 aromatic carbocycles. The summed E-state index contributed by atoms with van der Waals surface area (Å²) < 4.78 is 29.4. The molecule has 2 atom stereocenters. The van der Waals surface area contributed by atoms with Gasteiger partial charge in [-0.05, 0) is 13.1 Å². The third kappa shape index (κ3) is 6.91. The summed E-state index contributed by atoms with van der Waals surface area (Å²) in [5.41, 5.74) is 3.27. The van der Waals surface area contributed by atoms with Gasteiger partial charge in [0.25, 0.3) is 18.1 Å². The van der Waals surface area contributed by atoms with Crippen molar-refractivity contribution in [1.29, 1.82) is 0 Å². The van der Waals surface area contributed by atoms with E-state index < -0.39 is 27.3 Å². The van der Waals surface area contributed by atoms with Gasteiger partial charge in [0, 0.05) is 0 Å². The molecule has 0 aliphatic heterocycles. The summed E-state index contributed by atoms with van der Waals surface area (Å²) >= 11 is 0. The Bertz CT molecular complexity index is 190. The molecule has 2 unspecified atom stereocenters. The summed E-state index contributed by atoms with van der Waals surface area (Å²) in [6.45, 7) is 10.7. The summed E-state index contributed by atoms with van der Waals surface area (Å²) in [6.07, 6.45) is 0. The van der Waals surface area contributed by atoms with Crippen LogP contribution < -0.4 is 0 Å². The van der Waals surface area contributed by atoms with Gasteiger partial charge in [0.2, 0.25) is 0 Å². The Labute approximate surface area is 88.2 Å². The predicted octanol–water partition coefficient (Wildman–Crippen LogP) is 0.456. The van der Waals surface area contributed by atoms with E-state index in [1.165, 1.54) is 0 Å². The molecule has 0 bridgehead atoms. The molecule has 0 spiro atoms. The SMILES string of the molecule is C=C[SiH](C)OO[Si](=O)OO[SiH](C)C=C. The monoisotopic (exact) mass is 250 g/mol. The smallest absolute Gasteiger partial charge is 0.339 e. The number of hydrogen-bond donors (Lipinski definition) is 0. The lowest BCUT2D eigenvalue weighted by Crippen LogP contribution is -2.22. The van der Waals surface area contributed by atoms with Crippen molar-refractivity contribution in [2.24, 2.45) is 0 Å². The molecule has 80 valence electrons. The predicted molar refractivity (Wildman–Crippen MR) is 57.2 cm³/mol. The Balaban J connectivity index is 3.55. The second kappa shape index (κ2) is 7.82. The van der Waals surface area contributed by atoms with E-state index in [0.29, 0.717) is 0 Å². The topological polar surface area (TPSA) is 54.0 Å². The van der Waals surface area contributed by atoms with E-state index in [0.717, 1.165) is 0 Å². The quantitative estimate of drug-likeness (QED) is 0.356. The molecule has 8 heteroatoms. The summed E-state index contributed by atoms with van der Waals surface area (Å²) in [7, 11) is -5.86. The van der Waals surface area contributed by atoms with Crippen LogP contribution in [0, 0.1) is 0 Å². The Hall–Kier alpha value is -0.549. The number of rotatable bonds is 8. The minimum atomic E-state index is -2.72. The third-order valence-corrected chi connectivity index (χ3v) is 4.18. The van der Waals surface area contributed by atoms with Crippen LogP contribution in [0.1, 0.15) is 0 Å². The van der Waals surface area contributed by atoms with E-state index in [1.807, 2.05) is 13.1 Å². The van der Waals surface area contributed by atoms with Gasteiger partial charge in [-0.25, -0.2) is 0 Å². The van der Waals surface area contributed by atoms with Gasteiger partial charge in [-0.1, -0.05) is 11.4 Å². The first-order valence-electron chi connectivity index (χ1n) is 4.05. The molecule has 5 nitrogen and oxygen atoms in total. The van der Waals surface area contributed by atoms with Crippen LogP contribution in [0.4, 0.5) is 0 Å². The van der Waals surface area contributed by atoms with Gasteiger partial charge in [0.1, 0.15) is 0 Å². The maximum Gasteiger partial charge on any atom is 0.833 e. The largest absolute Gasteiger partial charge is 0.833 e. The van der Waals surface area contributed by atoms with Gasteiger partial charge >= 0.3 is 9.17 Å². The van der Waals surface area contributed by atoms with E-state index in [9.17, 15) is 4.46 Å². The first kappa shape index (κ1) is 13.5. The molecule has 14 heavy (non-hydrogen) atoms. The van der Waals surface area contributed by atoms with Crippen molar-refractivity contribution in [3.05, 3.63) is 24.6 Å². The van der Waals surface area contributed by atoms with Crippen LogP contribution in [0.2, 0.25) is 13.1 Å². The van der Waals surface area contributed by atoms with Gasteiger partial charge < -0.3 is 9.15 Å². The highest BCUT2D eigenvalue weighted by atomic mass is 28.3. The molecule has 0 rings (SSSR count).